The number of nitrogens with one attached hydrogen (secondary N) is 2. The molecule has 0 fully saturated rings. The third-order valence-corrected chi connectivity index (χ3v) is 7.44. The number of rotatable bonds is 8. The topological polar surface area (TPSA) is 165 Å². The van der Waals surface area contributed by atoms with Gasteiger partial charge in [0.15, 0.2) is 6.61 Å². The Morgan fingerprint density at radius 3 is 2.58 bits per heavy atom. The minimum atomic E-state index is -3.87. The molecule has 1 amide bonds. The quantitative estimate of drug-likeness (QED) is 0.164. The molecule has 2 aromatic carbocycles. The van der Waals surface area contributed by atoms with Crippen molar-refractivity contribution in [3.63, 3.8) is 0 Å². The van der Waals surface area contributed by atoms with E-state index in [0.717, 1.165) is 23.5 Å². The van der Waals surface area contributed by atoms with Crippen LogP contribution < -0.4 is 10.0 Å². The molecule has 1 heterocycles. The Kier molecular flexibility index (Phi) is 7.30. The van der Waals surface area contributed by atoms with Crippen LogP contribution in [0.3, 0.4) is 0 Å². The van der Waals surface area contributed by atoms with Crippen molar-refractivity contribution in [2.24, 2.45) is 0 Å². The van der Waals surface area contributed by atoms with Crippen molar-refractivity contribution in [2.45, 2.75) is 4.21 Å². The van der Waals surface area contributed by atoms with Crippen LogP contribution in [0.4, 0.5) is 17.1 Å². The van der Waals surface area contributed by atoms with Gasteiger partial charge in [-0.25, -0.2) is 13.2 Å². The Morgan fingerprint density at radius 1 is 1.18 bits per heavy atom. The molecule has 0 aliphatic rings. The first kappa shape index (κ1) is 24.2. The molecule has 3 N–H and O–H groups in total. The first-order valence-electron chi connectivity index (χ1n) is 8.87. The number of carbonyl (C=O) groups is 2. The monoisotopic (exact) mass is 555 g/mol. The largest absolute Gasteiger partial charge is 0.507 e. The molecule has 33 heavy (non-hydrogen) atoms. The average molecular weight is 556 g/mol. The van der Waals surface area contributed by atoms with E-state index in [0.29, 0.717) is 0 Å². The van der Waals surface area contributed by atoms with Gasteiger partial charge in [-0.1, -0.05) is 6.07 Å². The summed E-state index contributed by atoms with van der Waals surface area (Å²) in [4.78, 5) is 34.6. The number of amides is 1. The molecular weight excluding hydrogens is 542 g/mol. The Hall–Kier alpha value is -3.49. The number of sulfonamides is 1. The maximum atomic E-state index is 12.3. The van der Waals surface area contributed by atoms with Gasteiger partial charge >= 0.3 is 5.97 Å². The number of anilines is 2. The highest BCUT2D eigenvalue weighted by atomic mass is 79.9. The number of hydrogen-bond acceptors (Lipinski definition) is 9. The Balaban J connectivity index is 1.65. The summed E-state index contributed by atoms with van der Waals surface area (Å²) in [7, 11) is -3.87. The van der Waals surface area contributed by atoms with Crippen LogP contribution in [0.2, 0.25) is 0 Å². The van der Waals surface area contributed by atoms with Gasteiger partial charge in [-0.05, 0) is 51.6 Å². The van der Waals surface area contributed by atoms with E-state index in [4.69, 9.17) is 4.74 Å². The van der Waals surface area contributed by atoms with Crippen LogP contribution in [0.25, 0.3) is 0 Å². The van der Waals surface area contributed by atoms with E-state index >= 15 is 0 Å². The first-order chi connectivity index (χ1) is 15.6. The normalized spacial score (nSPS) is 10.9. The van der Waals surface area contributed by atoms with Crippen molar-refractivity contribution in [3.8, 4) is 5.75 Å². The van der Waals surface area contributed by atoms with Crippen LogP contribution >= 0.6 is 27.3 Å². The highest BCUT2D eigenvalue weighted by Crippen LogP contribution is 2.28. The number of nitro benzene ring substituents is 1. The molecule has 0 aliphatic carbocycles. The molecule has 3 aromatic rings. The van der Waals surface area contributed by atoms with E-state index in [1.807, 2.05) is 0 Å². The predicted molar refractivity (Wildman–Crippen MR) is 123 cm³/mol. The molecule has 0 saturated carbocycles. The summed E-state index contributed by atoms with van der Waals surface area (Å²) >= 11 is 4.11. The number of esters is 1. The number of phenols is 1. The standard InChI is InChI=1S/C19H14BrN3O8S2/c20-14-9-12(23(27)28)4-5-15(14)21-17(25)10-31-19(26)13-8-11(3-6-16(13)24)22-33(29,30)18-2-1-7-32-18/h1-9,22,24H,10H2,(H,21,25). The van der Waals surface area contributed by atoms with Crippen molar-refractivity contribution in [1.82, 2.24) is 0 Å². The van der Waals surface area contributed by atoms with E-state index in [9.17, 15) is 33.2 Å². The predicted octanol–water partition coefficient (Wildman–Crippen LogP) is 3.72. The van der Waals surface area contributed by atoms with Crippen LogP contribution in [-0.2, 0) is 19.6 Å². The lowest BCUT2D eigenvalue weighted by atomic mass is 10.2. The molecule has 0 saturated heterocycles. The third kappa shape index (κ3) is 6.06. The highest BCUT2D eigenvalue weighted by Gasteiger charge is 2.20. The number of nitrogens with zero attached hydrogens (tertiary/aromatic N) is 1. The summed E-state index contributed by atoms with van der Waals surface area (Å²) in [5, 5.41) is 24.7. The number of phenolic OH excluding ortho intramolecular Hbond substituents is 1. The lowest BCUT2D eigenvalue weighted by molar-refractivity contribution is -0.384. The summed E-state index contributed by atoms with van der Waals surface area (Å²) in [6.45, 7) is -0.729. The van der Waals surface area contributed by atoms with Gasteiger partial charge in [0.25, 0.3) is 21.6 Å². The number of benzene rings is 2. The van der Waals surface area contributed by atoms with Crippen molar-refractivity contribution in [1.29, 1.82) is 0 Å². The molecule has 0 unspecified atom stereocenters. The number of ether oxygens (including phenoxy) is 1. The average Bonchev–Trinajstić information content (AvgIpc) is 3.30. The van der Waals surface area contributed by atoms with Crippen LogP contribution in [0.1, 0.15) is 10.4 Å². The van der Waals surface area contributed by atoms with Gasteiger partial charge in [-0.2, -0.15) is 0 Å². The van der Waals surface area contributed by atoms with Gasteiger partial charge in [-0.3, -0.25) is 19.6 Å². The second kappa shape index (κ2) is 9.97. The second-order valence-corrected chi connectivity index (χ2v) is 10.0. The summed E-state index contributed by atoms with van der Waals surface area (Å²) < 4.78 is 32.2. The molecule has 3 rings (SSSR count). The van der Waals surface area contributed by atoms with Crippen LogP contribution in [0, 0.1) is 10.1 Å². The Bertz CT molecular complexity index is 1330. The lowest BCUT2D eigenvalue weighted by Crippen LogP contribution is -2.21. The van der Waals surface area contributed by atoms with E-state index in [1.54, 1.807) is 11.4 Å². The molecule has 0 bridgehead atoms. The maximum Gasteiger partial charge on any atom is 0.342 e. The molecule has 0 atom stereocenters. The maximum absolute atomic E-state index is 12.3. The van der Waals surface area contributed by atoms with Crippen LogP contribution in [0.5, 0.6) is 5.75 Å². The third-order valence-electron chi connectivity index (χ3n) is 4.00. The highest BCUT2D eigenvalue weighted by molar-refractivity contribution is 9.10. The summed E-state index contributed by atoms with van der Waals surface area (Å²) in [6.07, 6.45) is 0. The molecule has 1 aromatic heterocycles. The Morgan fingerprint density at radius 2 is 1.94 bits per heavy atom. The Labute approximate surface area is 199 Å². The molecule has 172 valence electrons. The van der Waals surface area contributed by atoms with Gasteiger partial charge in [0.05, 0.1) is 10.6 Å². The van der Waals surface area contributed by atoms with Crippen molar-refractivity contribution in [2.75, 3.05) is 16.6 Å². The van der Waals surface area contributed by atoms with E-state index in [-0.39, 0.29) is 31.3 Å². The first-order valence-corrected chi connectivity index (χ1v) is 12.0. The molecular formula is C19H14BrN3O8S2. The van der Waals surface area contributed by atoms with E-state index in [1.165, 1.54) is 30.3 Å². The summed E-state index contributed by atoms with van der Waals surface area (Å²) in [5.74, 6) is -2.29. The fourth-order valence-electron chi connectivity index (χ4n) is 2.50. The number of carbonyl (C=O) groups excluding carboxylic acids is 2. The number of thiophene rings is 1. The van der Waals surface area contributed by atoms with Gasteiger partial charge < -0.3 is 15.2 Å². The van der Waals surface area contributed by atoms with Crippen molar-refractivity contribution >= 4 is 66.2 Å². The molecule has 11 nitrogen and oxygen atoms in total. The SMILES string of the molecule is O=C(COC(=O)c1cc(NS(=O)(=O)c2cccs2)ccc1O)Nc1ccc([N+](=O)[O-])cc1Br. The minimum absolute atomic E-state index is 0.00686. The van der Waals surface area contributed by atoms with Gasteiger partial charge in [-0.15, -0.1) is 11.3 Å². The van der Waals surface area contributed by atoms with Gasteiger partial charge in [0.1, 0.15) is 15.5 Å². The van der Waals surface area contributed by atoms with E-state index < -0.39 is 39.2 Å². The zero-order chi connectivity index (χ0) is 24.2. The van der Waals surface area contributed by atoms with E-state index in [2.05, 4.69) is 26.0 Å². The molecule has 0 radical (unpaired) electrons. The van der Waals surface area contributed by atoms with Crippen molar-refractivity contribution < 1.29 is 32.8 Å². The minimum Gasteiger partial charge on any atom is -0.507 e. The number of non-ortho nitro benzene ring substituents is 1. The van der Waals surface area contributed by atoms with Gasteiger partial charge in [0, 0.05) is 22.3 Å². The molecule has 0 aliphatic heterocycles. The fourth-order valence-corrected chi connectivity index (χ4v) is 5.01. The zero-order valence-electron chi connectivity index (χ0n) is 16.3. The van der Waals surface area contributed by atoms with Crippen molar-refractivity contribution in [3.05, 3.63) is 74.1 Å². The van der Waals surface area contributed by atoms with Crippen LogP contribution in [0.15, 0.2) is 62.6 Å². The summed E-state index contributed by atoms with van der Waals surface area (Å²) in [5.41, 5.74) is -0.316. The lowest BCUT2D eigenvalue weighted by Gasteiger charge is -2.11. The fraction of sp³-hybridized carbons (Fsp3) is 0.0526. The smallest absolute Gasteiger partial charge is 0.342 e. The number of nitro groups is 1. The number of aromatic hydroxyl groups is 1. The summed E-state index contributed by atoms with van der Waals surface area (Å²) in [6, 6.07) is 10.1. The molecule has 14 heteroatoms. The van der Waals surface area contributed by atoms with Gasteiger partial charge in [0.2, 0.25) is 0 Å². The number of halogens is 1. The molecule has 0 spiro atoms. The second-order valence-electron chi connectivity index (χ2n) is 6.32. The van der Waals surface area contributed by atoms with Crippen LogP contribution in [-0.4, -0.2) is 36.9 Å². The number of hydrogen-bond donors (Lipinski definition) is 3. The zero-order valence-corrected chi connectivity index (χ0v) is 19.6.